The lowest BCUT2D eigenvalue weighted by Gasteiger charge is -2.32. The van der Waals surface area contributed by atoms with Crippen LogP contribution in [0.15, 0.2) is 71.5 Å². The summed E-state index contributed by atoms with van der Waals surface area (Å²) in [6.45, 7) is 2.54. The molecule has 2 aromatic carbocycles. The van der Waals surface area contributed by atoms with Gasteiger partial charge in [-0.2, -0.15) is 5.10 Å². The zero-order chi connectivity index (χ0) is 20.1. The molecule has 0 saturated carbocycles. The molecule has 0 N–H and O–H groups in total. The molecule has 1 aromatic heterocycles. The van der Waals surface area contributed by atoms with Crippen molar-refractivity contribution in [3.8, 4) is 17.0 Å². The maximum atomic E-state index is 12.3. The van der Waals surface area contributed by atoms with Gasteiger partial charge in [-0.15, -0.1) is 0 Å². The number of nitrogens with zero attached hydrogens (tertiary/aromatic N) is 3. The summed E-state index contributed by atoms with van der Waals surface area (Å²) in [6, 6.07) is 21.8. The fourth-order valence-electron chi connectivity index (χ4n) is 3.93. The Morgan fingerprint density at radius 1 is 0.966 bits per heavy atom. The van der Waals surface area contributed by atoms with Crippen LogP contribution in [0.4, 0.5) is 0 Å². The van der Waals surface area contributed by atoms with E-state index in [1.54, 1.807) is 23.9 Å². The van der Waals surface area contributed by atoms with Crippen molar-refractivity contribution in [3.63, 3.8) is 0 Å². The molecule has 0 radical (unpaired) electrons. The lowest BCUT2D eigenvalue weighted by Crippen LogP contribution is -2.39. The van der Waals surface area contributed by atoms with E-state index in [-0.39, 0.29) is 5.56 Å². The molecule has 1 fully saturated rings. The fourth-order valence-corrected chi connectivity index (χ4v) is 3.93. The van der Waals surface area contributed by atoms with E-state index >= 15 is 0 Å². The highest BCUT2D eigenvalue weighted by Gasteiger charge is 2.20. The molecule has 5 nitrogen and oxygen atoms in total. The van der Waals surface area contributed by atoms with E-state index < -0.39 is 0 Å². The number of benzene rings is 2. The summed E-state index contributed by atoms with van der Waals surface area (Å²) in [5.41, 5.74) is 3.12. The van der Waals surface area contributed by atoms with Gasteiger partial charge in [0.2, 0.25) is 0 Å². The average molecular weight is 389 g/mol. The van der Waals surface area contributed by atoms with Gasteiger partial charge in [-0.3, -0.25) is 9.69 Å². The van der Waals surface area contributed by atoms with Crippen LogP contribution in [-0.2, 0) is 13.1 Å². The molecule has 4 rings (SSSR count). The Labute approximate surface area is 171 Å². The molecule has 0 aliphatic carbocycles. The Bertz CT molecular complexity index is 975. The third-order valence-corrected chi connectivity index (χ3v) is 5.66. The van der Waals surface area contributed by atoms with Crippen molar-refractivity contribution in [2.75, 3.05) is 20.2 Å². The number of ether oxygens (including phenoxy) is 1. The van der Waals surface area contributed by atoms with Crippen molar-refractivity contribution < 1.29 is 4.74 Å². The number of aromatic nitrogens is 2. The third-order valence-electron chi connectivity index (χ3n) is 5.66. The van der Waals surface area contributed by atoms with Crippen molar-refractivity contribution in [1.82, 2.24) is 14.7 Å². The van der Waals surface area contributed by atoms with Gasteiger partial charge in [0.15, 0.2) is 0 Å². The van der Waals surface area contributed by atoms with Crippen LogP contribution in [0.25, 0.3) is 11.3 Å². The van der Waals surface area contributed by atoms with E-state index in [4.69, 9.17) is 4.74 Å². The summed E-state index contributed by atoms with van der Waals surface area (Å²) in [6.07, 6.45) is 3.45. The largest absolute Gasteiger partial charge is 0.497 e. The van der Waals surface area contributed by atoms with Gasteiger partial charge in [0.05, 0.1) is 19.5 Å². The molecular weight excluding hydrogens is 362 g/mol. The molecule has 5 heteroatoms. The fraction of sp³-hybridized carbons (Fsp3) is 0.333. The highest BCUT2D eigenvalue weighted by molar-refractivity contribution is 5.59. The summed E-state index contributed by atoms with van der Waals surface area (Å²) < 4.78 is 6.79. The van der Waals surface area contributed by atoms with Crippen molar-refractivity contribution in [3.05, 3.63) is 82.6 Å². The normalized spacial score (nSPS) is 15.3. The Kier molecular flexibility index (Phi) is 6.06. The Balaban J connectivity index is 1.39. The molecule has 150 valence electrons. The average Bonchev–Trinajstić information content (AvgIpc) is 2.77. The van der Waals surface area contributed by atoms with Crippen LogP contribution in [0, 0.1) is 5.92 Å². The maximum absolute atomic E-state index is 12.3. The summed E-state index contributed by atoms with van der Waals surface area (Å²) in [5.74, 6) is 1.52. The van der Waals surface area contributed by atoms with Gasteiger partial charge < -0.3 is 4.74 Å². The molecule has 1 saturated heterocycles. The molecule has 0 spiro atoms. The minimum absolute atomic E-state index is 0.0614. The molecule has 0 unspecified atom stereocenters. The van der Waals surface area contributed by atoms with Gasteiger partial charge in [-0.25, -0.2) is 4.68 Å². The number of hydrogen-bond donors (Lipinski definition) is 0. The standard InChI is InChI=1S/C24H27N3O2/c1-29-22-9-7-21(8-10-22)23-11-12-24(28)27(25-23)18-26-15-13-20(14-16-26)17-19-5-3-2-4-6-19/h2-12,20H,13-18H2,1H3. The topological polar surface area (TPSA) is 47.4 Å². The van der Waals surface area contributed by atoms with E-state index in [9.17, 15) is 4.79 Å². The zero-order valence-electron chi connectivity index (χ0n) is 16.8. The van der Waals surface area contributed by atoms with Gasteiger partial charge >= 0.3 is 0 Å². The summed E-state index contributed by atoms with van der Waals surface area (Å²) in [5, 5.41) is 4.60. The van der Waals surface area contributed by atoms with Gasteiger partial charge in [0.1, 0.15) is 5.75 Å². The molecular formula is C24H27N3O2. The lowest BCUT2D eigenvalue weighted by molar-refractivity contribution is 0.138. The third kappa shape index (κ3) is 4.93. The lowest BCUT2D eigenvalue weighted by atomic mass is 9.90. The molecule has 0 amide bonds. The van der Waals surface area contributed by atoms with E-state index in [1.807, 2.05) is 24.3 Å². The minimum Gasteiger partial charge on any atom is -0.497 e. The molecule has 0 atom stereocenters. The van der Waals surface area contributed by atoms with Gasteiger partial charge in [0, 0.05) is 24.7 Å². The second-order valence-electron chi connectivity index (χ2n) is 7.68. The first-order valence-corrected chi connectivity index (χ1v) is 10.2. The Hall–Kier alpha value is -2.92. The van der Waals surface area contributed by atoms with Crippen molar-refractivity contribution in [2.45, 2.75) is 25.9 Å². The van der Waals surface area contributed by atoms with Crippen molar-refractivity contribution in [1.29, 1.82) is 0 Å². The summed E-state index contributed by atoms with van der Waals surface area (Å²) >= 11 is 0. The van der Waals surface area contributed by atoms with Crippen LogP contribution in [-0.4, -0.2) is 34.9 Å². The minimum atomic E-state index is -0.0614. The number of likely N-dealkylation sites (tertiary alicyclic amines) is 1. The molecule has 29 heavy (non-hydrogen) atoms. The van der Waals surface area contributed by atoms with Crippen LogP contribution in [0.2, 0.25) is 0 Å². The Morgan fingerprint density at radius 3 is 2.38 bits per heavy atom. The summed E-state index contributed by atoms with van der Waals surface area (Å²) in [4.78, 5) is 14.7. The first-order valence-electron chi connectivity index (χ1n) is 10.2. The predicted octanol–water partition coefficient (Wildman–Crippen LogP) is 3.83. The number of rotatable bonds is 6. The smallest absolute Gasteiger partial charge is 0.268 e. The SMILES string of the molecule is COc1ccc(-c2ccc(=O)n(CN3CCC(Cc4ccccc4)CC3)n2)cc1. The summed E-state index contributed by atoms with van der Waals surface area (Å²) in [7, 11) is 1.65. The quantitative estimate of drug-likeness (QED) is 0.643. The molecule has 3 aromatic rings. The number of methoxy groups -OCH3 is 1. The van der Waals surface area contributed by atoms with Crippen molar-refractivity contribution in [2.24, 2.45) is 5.92 Å². The second kappa shape index (κ2) is 9.05. The van der Waals surface area contributed by atoms with Crippen molar-refractivity contribution >= 4 is 0 Å². The van der Waals surface area contributed by atoms with E-state index in [0.29, 0.717) is 12.6 Å². The monoisotopic (exact) mass is 389 g/mol. The zero-order valence-corrected chi connectivity index (χ0v) is 16.8. The highest BCUT2D eigenvalue weighted by Crippen LogP contribution is 2.22. The van der Waals surface area contributed by atoms with Gasteiger partial charge in [-0.05, 0) is 61.1 Å². The second-order valence-corrected chi connectivity index (χ2v) is 7.68. The van der Waals surface area contributed by atoms with E-state index in [0.717, 1.165) is 49.4 Å². The van der Waals surface area contributed by atoms with Crippen LogP contribution in [0.5, 0.6) is 5.75 Å². The maximum Gasteiger partial charge on any atom is 0.268 e. The molecule has 0 bridgehead atoms. The van der Waals surface area contributed by atoms with Crippen LogP contribution >= 0.6 is 0 Å². The molecule has 1 aliphatic heterocycles. The predicted molar refractivity (Wildman–Crippen MR) is 115 cm³/mol. The first kappa shape index (κ1) is 19.4. The molecule has 2 heterocycles. The van der Waals surface area contributed by atoms with Crippen LogP contribution < -0.4 is 10.3 Å². The van der Waals surface area contributed by atoms with E-state index in [1.165, 1.54) is 5.56 Å². The van der Waals surface area contributed by atoms with Gasteiger partial charge in [-0.1, -0.05) is 30.3 Å². The van der Waals surface area contributed by atoms with Gasteiger partial charge in [0.25, 0.3) is 5.56 Å². The van der Waals surface area contributed by atoms with E-state index in [2.05, 4.69) is 40.3 Å². The van der Waals surface area contributed by atoms with Crippen LogP contribution in [0.1, 0.15) is 18.4 Å². The first-order chi connectivity index (χ1) is 14.2. The number of hydrogen-bond acceptors (Lipinski definition) is 4. The molecule has 1 aliphatic rings. The van der Waals surface area contributed by atoms with Crippen LogP contribution in [0.3, 0.4) is 0 Å². The highest BCUT2D eigenvalue weighted by atomic mass is 16.5. The Morgan fingerprint density at radius 2 is 1.69 bits per heavy atom. The number of piperidine rings is 1.